The Hall–Kier alpha value is -1.62. The van der Waals surface area contributed by atoms with E-state index < -0.39 is 6.61 Å². The zero-order valence-corrected chi connectivity index (χ0v) is 11.3. The van der Waals surface area contributed by atoms with E-state index in [1.165, 1.54) is 21.9 Å². The molecule has 0 aliphatic heterocycles. The Bertz CT molecular complexity index is 510. The SMILES string of the molecule is CCc1ccc(CNc2ccc(OC(F)F)cc2)s1. The van der Waals surface area contributed by atoms with Gasteiger partial charge in [0.25, 0.3) is 0 Å². The lowest BCUT2D eigenvalue weighted by atomic mass is 10.3. The van der Waals surface area contributed by atoms with E-state index in [4.69, 9.17) is 0 Å². The van der Waals surface area contributed by atoms with Gasteiger partial charge in [-0.05, 0) is 42.8 Å². The van der Waals surface area contributed by atoms with Crippen LogP contribution in [-0.2, 0) is 13.0 Å². The lowest BCUT2D eigenvalue weighted by Gasteiger charge is -2.07. The first-order valence-electron chi connectivity index (χ1n) is 6.03. The molecule has 2 rings (SSSR count). The van der Waals surface area contributed by atoms with Gasteiger partial charge in [0.2, 0.25) is 0 Å². The third kappa shape index (κ3) is 4.21. The molecular formula is C14H15F2NOS. The van der Waals surface area contributed by atoms with Gasteiger partial charge in [0, 0.05) is 22.0 Å². The number of rotatable bonds is 6. The second-order valence-electron chi connectivity index (χ2n) is 3.98. The Labute approximate surface area is 115 Å². The van der Waals surface area contributed by atoms with E-state index in [1.54, 1.807) is 23.5 Å². The molecule has 102 valence electrons. The molecule has 0 spiro atoms. The molecule has 0 bridgehead atoms. The fraction of sp³-hybridized carbons (Fsp3) is 0.286. The van der Waals surface area contributed by atoms with Crippen molar-refractivity contribution < 1.29 is 13.5 Å². The van der Waals surface area contributed by atoms with Crippen LogP contribution in [0.4, 0.5) is 14.5 Å². The highest BCUT2D eigenvalue weighted by Gasteiger charge is 2.04. The summed E-state index contributed by atoms with van der Waals surface area (Å²) >= 11 is 1.78. The molecule has 1 aromatic carbocycles. The number of anilines is 1. The van der Waals surface area contributed by atoms with Crippen LogP contribution in [0.15, 0.2) is 36.4 Å². The van der Waals surface area contributed by atoms with Crippen LogP contribution in [-0.4, -0.2) is 6.61 Å². The van der Waals surface area contributed by atoms with Gasteiger partial charge in [-0.3, -0.25) is 0 Å². The fourth-order valence-corrected chi connectivity index (χ4v) is 2.55. The molecule has 2 nitrogen and oxygen atoms in total. The molecular weight excluding hydrogens is 268 g/mol. The maximum absolute atomic E-state index is 12.0. The number of aryl methyl sites for hydroxylation is 1. The van der Waals surface area contributed by atoms with Gasteiger partial charge < -0.3 is 10.1 Å². The Balaban J connectivity index is 1.89. The number of hydrogen-bond donors (Lipinski definition) is 1. The molecule has 1 heterocycles. The first-order valence-corrected chi connectivity index (χ1v) is 6.85. The summed E-state index contributed by atoms with van der Waals surface area (Å²) in [5.74, 6) is 0.171. The second kappa shape index (κ2) is 6.52. The molecule has 2 aromatic rings. The van der Waals surface area contributed by atoms with Crippen LogP contribution in [0, 0.1) is 0 Å². The molecule has 19 heavy (non-hydrogen) atoms. The summed E-state index contributed by atoms with van der Waals surface area (Å²) < 4.78 is 28.3. The van der Waals surface area contributed by atoms with Gasteiger partial charge in [-0.25, -0.2) is 0 Å². The maximum Gasteiger partial charge on any atom is 0.387 e. The van der Waals surface area contributed by atoms with Gasteiger partial charge >= 0.3 is 6.61 Å². The standard InChI is InChI=1S/C14H15F2NOS/c1-2-12-7-8-13(19-12)9-17-10-3-5-11(6-4-10)18-14(15)16/h3-8,14,17H,2,9H2,1H3. The summed E-state index contributed by atoms with van der Waals surface area (Å²) in [5.41, 5.74) is 0.882. The van der Waals surface area contributed by atoms with Crippen LogP contribution in [0.3, 0.4) is 0 Å². The smallest absolute Gasteiger partial charge is 0.387 e. The molecule has 1 N–H and O–H groups in total. The third-order valence-corrected chi connectivity index (χ3v) is 3.84. The molecule has 0 aliphatic rings. The van der Waals surface area contributed by atoms with E-state index in [0.29, 0.717) is 0 Å². The number of alkyl halides is 2. The van der Waals surface area contributed by atoms with E-state index >= 15 is 0 Å². The quantitative estimate of drug-likeness (QED) is 0.841. The number of thiophene rings is 1. The Morgan fingerprint density at radius 3 is 2.37 bits per heavy atom. The molecule has 0 radical (unpaired) electrons. The van der Waals surface area contributed by atoms with Crippen molar-refractivity contribution in [2.24, 2.45) is 0 Å². The monoisotopic (exact) mass is 283 g/mol. The lowest BCUT2D eigenvalue weighted by Crippen LogP contribution is -2.02. The molecule has 0 saturated heterocycles. The van der Waals surface area contributed by atoms with Crippen molar-refractivity contribution in [3.8, 4) is 5.75 Å². The summed E-state index contributed by atoms with van der Waals surface area (Å²) in [5, 5.41) is 3.25. The minimum Gasteiger partial charge on any atom is -0.435 e. The van der Waals surface area contributed by atoms with Gasteiger partial charge in [0.1, 0.15) is 5.75 Å². The molecule has 0 fully saturated rings. The molecule has 0 saturated carbocycles. The minimum atomic E-state index is -2.78. The van der Waals surface area contributed by atoms with Crippen molar-refractivity contribution in [1.82, 2.24) is 0 Å². The summed E-state index contributed by atoms with van der Waals surface area (Å²) in [7, 11) is 0. The van der Waals surface area contributed by atoms with Gasteiger partial charge in [-0.2, -0.15) is 8.78 Å². The van der Waals surface area contributed by atoms with Crippen molar-refractivity contribution in [1.29, 1.82) is 0 Å². The molecule has 1 aromatic heterocycles. The average molecular weight is 283 g/mol. The van der Waals surface area contributed by atoms with Crippen molar-refractivity contribution in [3.05, 3.63) is 46.2 Å². The average Bonchev–Trinajstić information content (AvgIpc) is 2.85. The highest BCUT2D eigenvalue weighted by atomic mass is 32.1. The number of halogens is 2. The van der Waals surface area contributed by atoms with Crippen LogP contribution < -0.4 is 10.1 Å². The van der Waals surface area contributed by atoms with E-state index in [-0.39, 0.29) is 5.75 Å². The number of hydrogen-bond acceptors (Lipinski definition) is 3. The third-order valence-electron chi connectivity index (χ3n) is 2.61. The van der Waals surface area contributed by atoms with Gasteiger partial charge in [0.15, 0.2) is 0 Å². The first-order chi connectivity index (χ1) is 9.17. The van der Waals surface area contributed by atoms with Crippen molar-refractivity contribution >= 4 is 17.0 Å². The normalized spacial score (nSPS) is 10.7. The van der Waals surface area contributed by atoms with Crippen LogP contribution in [0.5, 0.6) is 5.75 Å². The van der Waals surface area contributed by atoms with Crippen molar-refractivity contribution in [2.45, 2.75) is 26.5 Å². The molecule has 5 heteroatoms. The Morgan fingerprint density at radius 2 is 1.79 bits per heavy atom. The summed E-state index contributed by atoms with van der Waals surface area (Å²) in [6.07, 6.45) is 1.05. The molecule has 0 unspecified atom stereocenters. The zero-order valence-electron chi connectivity index (χ0n) is 10.5. The number of nitrogens with one attached hydrogen (secondary N) is 1. The predicted molar refractivity (Wildman–Crippen MR) is 74.1 cm³/mol. The maximum atomic E-state index is 12.0. The molecule has 0 aliphatic carbocycles. The van der Waals surface area contributed by atoms with Crippen molar-refractivity contribution in [3.63, 3.8) is 0 Å². The summed E-state index contributed by atoms with van der Waals surface area (Å²) in [6, 6.07) is 10.7. The number of ether oxygens (including phenoxy) is 1. The van der Waals surface area contributed by atoms with Crippen LogP contribution >= 0.6 is 11.3 Å². The van der Waals surface area contributed by atoms with Crippen LogP contribution in [0.2, 0.25) is 0 Å². The topological polar surface area (TPSA) is 21.3 Å². The lowest BCUT2D eigenvalue weighted by molar-refractivity contribution is -0.0498. The van der Waals surface area contributed by atoms with E-state index in [2.05, 4.69) is 29.1 Å². The van der Waals surface area contributed by atoms with E-state index in [9.17, 15) is 8.78 Å². The molecule has 0 atom stereocenters. The zero-order chi connectivity index (χ0) is 13.7. The highest BCUT2D eigenvalue weighted by molar-refractivity contribution is 7.12. The van der Waals surface area contributed by atoms with Crippen molar-refractivity contribution in [2.75, 3.05) is 5.32 Å². The highest BCUT2D eigenvalue weighted by Crippen LogP contribution is 2.20. The predicted octanol–water partition coefficient (Wildman–Crippen LogP) is 4.52. The van der Waals surface area contributed by atoms with Gasteiger partial charge in [0.05, 0.1) is 0 Å². The Morgan fingerprint density at radius 1 is 1.11 bits per heavy atom. The molecule has 0 amide bonds. The summed E-state index contributed by atoms with van der Waals surface area (Å²) in [6.45, 7) is 0.0854. The van der Waals surface area contributed by atoms with Crippen LogP contribution in [0.1, 0.15) is 16.7 Å². The van der Waals surface area contributed by atoms with E-state index in [0.717, 1.165) is 18.7 Å². The van der Waals surface area contributed by atoms with Crippen LogP contribution in [0.25, 0.3) is 0 Å². The van der Waals surface area contributed by atoms with Gasteiger partial charge in [-0.1, -0.05) is 6.92 Å². The first kappa shape index (κ1) is 13.8. The number of benzene rings is 1. The second-order valence-corrected chi connectivity index (χ2v) is 5.23. The largest absolute Gasteiger partial charge is 0.435 e. The fourth-order valence-electron chi connectivity index (χ4n) is 1.65. The minimum absolute atomic E-state index is 0.171. The summed E-state index contributed by atoms with van der Waals surface area (Å²) in [4.78, 5) is 2.61. The Kier molecular flexibility index (Phi) is 4.74. The van der Waals surface area contributed by atoms with E-state index in [1.807, 2.05) is 0 Å². The van der Waals surface area contributed by atoms with Gasteiger partial charge in [-0.15, -0.1) is 11.3 Å².